The summed E-state index contributed by atoms with van der Waals surface area (Å²) < 4.78 is 0. The Bertz CT molecular complexity index is 324. The SMILES string of the molecule is S=C1N=NC(/N=N/C2N=NC(=S)N2)N1. The van der Waals surface area contributed by atoms with Gasteiger partial charge in [0.1, 0.15) is 0 Å². The topological polar surface area (TPSA) is 98.2 Å². The lowest BCUT2D eigenvalue weighted by Gasteiger charge is -2.00. The van der Waals surface area contributed by atoms with Crippen molar-refractivity contribution in [3.63, 3.8) is 0 Å². The van der Waals surface area contributed by atoms with Crippen LogP contribution in [0.15, 0.2) is 30.7 Å². The molecule has 14 heavy (non-hydrogen) atoms. The van der Waals surface area contributed by atoms with E-state index in [1.54, 1.807) is 0 Å². The molecule has 0 aromatic rings. The molecular formula is C4H4N8S2. The largest absolute Gasteiger partial charge is 0.317 e. The lowest BCUT2D eigenvalue weighted by atomic mass is 10.8. The predicted octanol–water partition coefficient (Wildman–Crippen LogP) is 0.686. The van der Waals surface area contributed by atoms with E-state index in [2.05, 4.69) is 41.3 Å². The summed E-state index contributed by atoms with van der Waals surface area (Å²) in [6, 6.07) is 0. The molecule has 2 rings (SSSR count). The van der Waals surface area contributed by atoms with Gasteiger partial charge in [-0.15, -0.1) is 30.7 Å². The number of nitrogens with one attached hydrogen (secondary N) is 2. The van der Waals surface area contributed by atoms with E-state index < -0.39 is 12.6 Å². The zero-order valence-corrected chi connectivity index (χ0v) is 8.29. The van der Waals surface area contributed by atoms with E-state index >= 15 is 0 Å². The van der Waals surface area contributed by atoms with Gasteiger partial charge in [0.15, 0.2) is 0 Å². The van der Waals surface area contributed by atoms with Gasteiger partial charge in [0.2, 0.25) is 10.2 Å². The normalized spacial score (nSPS) is 30.0. The molecular weight excluding hydrogens is 224 g/mol. The number of hydrogen-bond donors (Lipinski definition) is 2. The molecule has 0 saturated heterocycles. The summed E-state index contributed by atoms with van der Waals surface area (Å²) in [7, 11) is 0. The van der Waals surface area contributed by atoms with Crippen LogP contribution in [0.25, 0.3) is 0 Å². The average Bonchev–Trinajstić information content (AvgIpc) is 2.72. The molecule has 2 heterocycles. The highest BCUT2D eigenvalue weighted by atomic mass is 32.1. The van der Waals surface area contributed by atoms with E-state index in [0.717, 1.165) is 0 Å². The summed E-state index contributed by atoms with van der Waals surface area (Å²) in [6.07, 6.45) is -1.12. The predicted molar refractivity (Wildman–Crippen MR) is 53.6 cm³/mol. The van der Waals surface area contributed by atoms with Crippen molar-refractivity contribution in [2.45, 2.75) is 12.6 Å². The van der Waals surface area contributed by atoms with Crippen LogP contribution in [0.1, 0.15) is 0 Å². The molecule has 0 fully saturated rings. The molecule has 2 N–H and O–H groups in total. The first-order chi connectivity index (χ1) is 6.74. The van der Waals surface area contributed by atoms with Crippen LogP contribution in [0.3, 0.4) is 0 Å². The van der Waals surface area contributed by atoms with Crippen LogP contribution < -0.4 is 10.6 Å². The molecule has 2 atom stereocenters. The summed E-state index contributed by atoms with van der Waals surface area (Å²) in [6.45, 7) is 0. The fourth-order valence-electron chi connectivity index (χ4n) is 0.781. The maximum atomic E-state index is 4.71. The van der Waals surface area contributed by atoms with Gasteiger partial charge in [-0.25, -0.2) is 0 Å². The Morgan fingerprint density at radius 1 is 0.929 bits per heavy atom. The van der Waals surface area contributed by atoms with Gasteiger partial charge < -0.3 is 10.6 Å². The zero-order valence-electron chi connectivity index (χ0n) is 6.65. The van der Waals surface area contributed by atoms with Crippen LogP contribution in [0.4, 0.5) is 0 Å². The molecule has 0 bridgehead atoms. The second kappa shape index (κ2) is 3.75. The first-order valence-electron chi connectivity index (χ1n) is 3.57. The third-order valence-electron chi connectivity index (χ3n) is 1.31. The minimum absolute atomic E-state index is 0.297. The first kappa shape index (κ1) is 9.15. The van der Waals surface area contributed by atoms with Gasteiger partial charge in [-0.2, -0.15) is 0 Å². The minimum Gasteiger partial charge on any atom is -0.317 e. The molecule has 0 aliphatic carbocycles. The molecule has 0 spiro atoms. The summed E-state index contributed by atoms with van der Waals surface area (Å²) in [4.78, 5) is 0. The Morgan fingerprint density at radius 3 is 1.64 bits per heavy atom. The number of hydrogen-bond acceptors (Lipinski definition) is 6. The van der Waals surface area contributed by atoms with Gasteiger partial charge in [0, 0.05) is 0 Å². The number of nitrogens with zero attached hydrogens (tertiary/aromatic N) is 6. The molecule has 2 unspecified atom stereocenters. The molecule has 0 amide bonds. The second-order valence-corrected chi connectivity index (χ2v) is 3.08. The monoisotopic (exact) mass is 228 g/mol. The van der Waals surface area contributed by atoms with E-state index in [4.69, 9.17) is 24.4 Å². The molecule has 72 valence electrons. The molecule has 2 aliphatic rings. The number of rotatable bonds is 2. The van der Waals surface area contributed by atoms with Crippen molar-refractivity contribution in [3.05, 3.63) is 0 Å². The minimum atomic E-state index is -0.561. The molecule has 10 heteroatoms. The van der Waals surface area contributed by atoms with Gasteiger partial charge >= 0.3 is 0 Å². The highest BCUT2D eigenvalue weighted by molar-refractivity contribution is 7.80. The van der Waals surface area contributed by atoms with E-state index in [9.17, 15) is 0 Å². The van der Waals surface area contributed by atoms with Crippen molar-refractivity contribution in [2.24, 2.45) is 30.7 Å². The van der Waals surface area contributed by atoms with Crippen LogP contribution in [-0.4, -0.2) is 22.8 Å². The van der Waals surface area contributed by atoms with E-state index in [-0.39, 0.29) is 0 Å². The Kier molecular flexibility index (Phi) is 2.45. The Balaban J connectivity index is 1.89. The van der Waals surface area contributed by atoms with Crippen LogP contribution in [0.5, 0.6) is 0 Å². The second-order valence-electron chi connectivity index (χ2n) is 2.31. The molecule has 0 saturated carbocycles. The van der Waals surface area contributed by atoms with Crippen molar-refractivity contribution in [1.29, 1.82) is 0 Å². The maximum Gasteiger partial charge on any atom is 0.254 e. The molecule has 8 nitrogen and oxygen atoms in total. The van der Waals surface area contributed by atoms with Crippen molar-refractivity contribution >= 4 is 34.7 Å². The van der Waals surface area contributed by atoms with Crippen LogP contribution in [0, 0.1) is 0 Å². The number of azo groups is 3. The quantitative estimate of drug-likeness (QED) is 0.536. The molecule has 0 aromatic heterocycles. The van der Waals surface area contributed by atoms with Gasteiger partial charge in [-0.1, -0.05) is 0 Å². The lowest BCUT2D eigenvalue weighted by molar-refractivity contribution is 0.568. The smallest absolute Gasteiger partial charge is 0.254 e. The third kappa shape index (κ3) is 2.09. The molecule has 0 radical (unpaired) electrons. The van der Waals surface area contributed by atoms with Gasteiger partial charge in [-0.3, -0.25) is 0 Å². The highest BCUT2D eigenvalue weighted by Gasteiger charge is 2.16. The maximum absolute atomic E-state index is 4.71. The molecule has 2 aliphatic heterocycles. The van der Waals surface area contributed by atoms with Crippen LogP contribution in [0.2, 0.25) is 0 Å². The summed E-state index contributed by atoms with van der Waals surface area (Å²) >= 11 is 9.42. The fourth-order valence-corrected chi connectivity index (χ4v) is 1.09. The zero-order chi connectivity index (χ0) is 9.97. The third-order valence-corrected chi connectivity index (χ3v) is 1.71. The van der Waals surface area contributed by atoms with Crippen molar-refractivity contribution in [2.75, 3.05) is 0 Å². The van der Waals surface area contributed by atoms with Gasteiger partial charge in [0.25, 0.3) is 12.6 Å². The van der Waals surface area contributed by atoms with Crippen LogP contribution in [-0.2, 0) is 0 Å². The van der Waals surface area contributed by atoms with Crippen molar-refractivity contribution in [3.8, 4) is 0 Å². The van der Waals surface area contributed by atoms with E-state index in [0.29, 0.717) is 10.2 Å². The lowest BCUT2D eigenvalue weighted by Crippen LogP contribution is -2.25. The van der Waals surface area contributed by atoms with Crippen LogP contribution >= 0.6 is 24.4 Å². The summed E-state index contributed by atoms with van der Waals surface area (Å²) in [5, 5.41) is 28.0. The van der Waals surface area contributed by atoms with Gasteiger partial charge in [-0.05, 0) is 24.4 Å². The standard InChI is InChI=1S/C4H4N8S2/c13-3-5-1(9-11-3)7-8-2-6-4(14)12-10-2/h1-2H,(H,5,13)(H,6,14)/b8-7+. The Labute approximate surface area is 89.0 Å². The van der Waals surface area contributed by atoms with E-state index in [1.165, 1.54) is 0 Å². The fraction of sp³-hybridized carbons (Fsp3) is 0.500. The van der Waals surface area contributed by atoms with Crippen molar-refractivity contribution < 1.29 is 0 Å². The first-order valence-corrected chi connectivity index (χ1v) is 4.38. The van der Waals surface area contributed by atoms with Crippen molar-refractivity contribution in [1.82, 2.24) is 10.6 Å². The Morgan fingerprint density at radius 2 is 1.36 bits per heavy atom. The van der Waals surface area contributed by atoms with Gasteiger partial charge in [0.05, 0.1) is 0 Å². The number of thiocarbonyl (C=S) groups is 2. The summed E-state index contributed by atoms with van der Waals surface area (Å²) in [5.74, 6) is 0. The van der Waals surface area contributed by atoms with E-state index in [1.807, 2.05) is 0 Å². The highest BCUT2D eigenvalue weighted by Crippen LogP contribution is 2.05. The summed E-state index contributed by atoms with van der Waals surface area (Å²) in [5.41, 5.74) is 0. The Hall–Kier alpha value is -1.42. The molecule has 0 aromatic carbocycles. The average molecular weight is 228 g/mol.